The maximum Gasteiger partial charge on any atom is 0.258 e. The minimum Gasteiger partial charge on any atom is -0.351 e. The van der Waals surface area contributed by atoms with Gasteiger partial charge in [0.2, 0.25) is 5.82 Å². The van der Waals surface area contributed by atoms with E-state index in [0.717, 1.165) is 39.2 Å². The van der Waals surface area contributed by atoms with Crippen LogP contribution >= 0.6 is 12.2 Å². The highest BCUT2D eigenvalue weighted by molar-refractivity contribution is 7.80. The normalized spacial score (nSPS) is 16.1. The summed E-state index contributed by atoms with van der Waals surface area (Å²) < 4.78 is 19.9. The van der Waals surface area contributed by atoms with Gasteiger partial charge in [-0.2, -0.15) is 4.98 Å². The highest BCUT2D eigenvalue weighted by atomic mass is 32.1. The minimum absolute atomic E-state index is 0.325. The summed E-state index contributed by atoms with van der Waals surface area (Å²) in [7, 11) is 0. The van der Waals surface area contributed by atoms with E-state index in [1.54, 1.807) is 6.07 Å². The molecule has 1 aromatic heterocycles. The summed E-state index contributed by atoms with van der Waals surface area (Å²) in [6, 6.07) is 22.0. The molecular weight excluding hydrogens is 447 g/mol. The number of anilines is 1. The van der Waals surface area contributed by atoms with Crippen LogP contribution in [0.2, 0.25) is 0 Å². The Morgan fingerprint density at radius 2 is 1.71 bits per heavy atom. The molecule has 3 aromatic carbocycles. The summed E-state index contributed by atoms with van der Waals surface area (Å²) in [6.07, 6.45) is 0. The molecule has 0 radical (unpaired) electrons. The molecule has 1 aliphatic heterocycles. The zero-order chi connectivity index (χ0) is 23.8. The monoisotopic (exact) mass is 470 g/mol. The summed E-state index contributed by atoms with van der Waals surface area (Å²) >= 11 is 5.75. The number of hydrogen-bond donors (Lipinski definition) is 1. The molecule has 0 saturated heterocycles. The Labute approximate surface area is 202 Å². The molecule has 34 heavy (non-hydrogen) atoms. The van der Waals surface area contributed by atoms with Gasteiger partial charge >= 0.3 is 0 Å². The van der Waals surface area contributed by atoms with E-state index < -0.39 is 6.04 Å². The van der Waals surface area contributed by atoms with E-state index in [2.05, 4.69) is 10.5 Å². The molecule has 7 heteroatoms. The number of nitrogens with zero attached hydrogens (tertiary/aromatic N) is 3. The molecule has 0 aliphatic carbocycles. The second-order valence-corrected chi connectivity index (χ2v) is 8.79. The fourth-order valence-electron chi connectivity index (χ4n) is 4.20. The second-order valence-electron chi connectivity index (χ2n) is 8.40. The molecule has 170 valence electrons. The number of aromatic nitrogens is 2. The summed E-state index contributed by atoms with van der Waals surface area (Å²) in [5, 5.41) is 8.11. The Morgan fingerprint density at radius 3 is 2.44 bits per heavy atom. The van der Waals surface area contributed by atoms with Gasteiger partial charge in [-0.15, -0.1) is 0 Å². The van der Waals surface area contributed by atoms with Crippen molar-refractivity contribution in [3.63, 3.8) is 0 Å². The third-order valence-electron chi connectivity index (χ3n) is 5.89. The number of halogens is 1. The fourth-order valence-corrected chi connectivity index (χ4v) is 4.56. The molecule has 2 heterocycles. The third-order valence-corrected chi connectivity index (χ3v) is 6.19. The van der Waals surface area contributed by atoms with Gasteiger partial charge in [0.05, 0.1) is 11.6 Å². The van der Waals surface area contributed by atoms with Gasteiger partial charge in [0.25, 0.3) is 5.89 Å². The van der Waals surface area contributed by atoms with Gasteiger partial charge in [-0.3, -0.25) is 4.90 Å². The first-order valence-corrected chi connectivity index (χ1v) is 11.4. The summed E-state index contributed by atoms with van der Waals surface area (Å²) in [5.74, 6) is 0.525. The van der Waals surface area contributed by atoms with E-state index in [1.807, 2.05) is 80.3 Å². The number of benzene rings is 3. The zero-order valence-electron chi connectivity index (χ0n) is 19.0. The first-order chi connectivity index (χ1) is 16.4. The maximum atomic E-state index is 14.2. The molecule has 5 nitrogen and oxygen atoms in total. The lowest BCUT2D eigenvalue weighted by Gasteiger charge is -2.37. The minimum atomic E-state index is -0.448. The van der Waals surface area contributed by atoms with Crippen molar-refractivity contribution in [1.29, 1.82) is 0 Å². The topological polar surface area (TPSA) is 54.2 Å². The standard InChI is InChI=1S/C27H23FN4OS/c1-16-10-12-22(13-11-16)32-18(3)23(24(29-27(32)34)19-7-5-9-21(28)15-19)26-30-25(31-33-26)20-8-4-6-17(2)14-20/h4-15,24H,1-3H3,(H,29,34). The smallest absolute Gasteiger partial charge is 0.258 e. The molecule has 1 aliphatic rings. The number of nitrogens with one attached hydrogen (secondary N) is 1. The molecule has 0 saturated carbocycles. The number of aryl methyl sites for hydroxylation is 2. The van der Waals surface area contributed by atoms with E-state index in [-0.39, 0.29) is 5.82 Å². The first kappa shape index (κ1) is 22.0. The third kappa shape index (κ3) is 4.10. The average molecular weight is 471 g/mol. The number of hydrogen-bond acceptors (Lipinski definition) is 4. The molecule has 4 aromatic rings. The molecule has 0 fully saturated rings. The van der Waals surface area contributed by atoms with Gasteiger partial charge in [0.1, 0.15) is 5.82 Å². The van der Waals surface area contributed by atoms with E-state index in [0.29, 0.717) is 16.8 Å². The van der Waals surface area contributed by atoms with Crippen LogP contribution in [0.15, 0.2) is 83.0 Å². The van der Waals surface area contributed by atoms with Crippen molar-refractivity contribution in [1.82, 2.24) is 15.5 Å². The van der Waals surface area contributed by atoms with Gasteiger partial charge < -0.3 is 9.84 Å². The zero-order valence-corrected chi connectivity index (χ0v) is 19.9. The fraction of sp³-hybridized carbons (Fsp3) is 0.148. The lowest BCUT2D eigenvalue weighted by molar-refractivity contribution is 0.404. The van der Waals surface area contributed by atoms with Gasteiger partial charge in [0.15, 0.2) is 5.11 Å². The van der Waals surface area contributed by atoms with Crippen LogP contribution in [-0.4, -0.2) is 15.3 Å². The van der Waals surface area contributed by atoms with Crippen molar-refractivity contribution >= 4 is 28.6 Å². The van der Waals surface area contributed by atoms with Crippen LogP contribution in [0.3, 0.4) is 0 Å². The summed E-state index contributed by atoms with van der Waals surface area (Å²) in [6.45, 7) is 6.02. The van der Waals surface area contributed by atoms with E-state index in [4.69, 9.17) is 21.7 Å². The van der Waals surface area contributed by atoms with Crippen LogP contribution < -0.4 is 10.2 Å². The lowest BCUT2D eigenvalue weighted by Crippen LogP contribution is -2.46. The number of thiocarbonyl (C=S) groups is 1. The van der Waals surface area contributed by atoms with Crippen molar-refractivity contribution in [2.24, 2.45) is 0 Å². The molecule has 0 bridgehead atoms. The Morgan fingerprint density at radius 1 is 0.941 bits per heavy atom. The van der Waals surface area contributed by atoms with E-state index in [9.17, 15) is 4.39 Å². The van der Waals surface area contributed by atoms with Crippen molar-refractivity contribution in [2.45, 2.75) is 26.8 Å². The van der Waals surface area contributed by atoms with Crippen molar-refractivity contribution in [3.05, 3.63) is 107 Å². The Bertz CT molecular complexity index is 1410. The molecule has 5 rings (SSSR count). The van der Waals surface area contributed by atoms with Crippen LogP contribution in [-0.2, 0) is 0 Å². The van der Waals surface area contributed by atoms with Crippen molar-refractivity contribution in [2.75, 3.05) is 4.90 Å². The molecule has 1 unspecified atom stereocenters. The number of allylic oxidation sites excluding steroid dienone is 1. The van der Waals surface area contributed by atoms with Crippen LogP contribution in [0.4, 0.5) is 10.1 Å². The SMILES string of the molecule is CC1=C(c2nc(-c3cccc(C)c3)no2)C(c2cccc(F)c2)NC(=S)N1c1ccc(C)cc1. The van der Waals surface area contributed by atoms with Gasteiger partial charge in [-0.05, 0) is 68.9 Å². The van der Waals surface area contributed by atoms with Crippen LogP contribution in [0.5, 0.6) is 0 Å². The molecular formula is C27H23FN4OS. The van der Waals surface area contributed by atoms with Gasteiger partial charge in [-0.25, -0.2) is 4.39 Å². The molecule has 1 atom stereocenters. The molecule has 0 spiro atoms. The maximum absolute atomic E-state index is 14.2. The van der Waals surface area contributed by atoms with Crippen molar-refractivity contribution in [3.8, 4) is 11.4 Å². The van der Waals surface area contributed by atoms with Crippen LogP contribution in [0, 0.1) is 19.7 Å². The Kier molecular flexibility index (Phi) is 5.71. The Balaban J connectivity index is 1.66. The number of rotatable bonds is 4. The van der Waals surface area contributed by atoms with Crippen molar-refractivity contribution < 1.29 is 8.91 Å². The first-order valence-electron chi connectivity index (χ1n) is 11.0. The van der Waals surface area contributed by atoms with Gasteiger partial charge in [0, 0.05) is 16.9 Å². The predicted molar refractivity (Wildman–Crippen MR) is 136 cm³/mol. The van der Waals surface area contributed by atoms with Crippen LogP contribution in [0.25, 0.3) is 17.0 Å². The van der Waals surface area contributed by atoms with E-state index >= 15 is 0 Å². The Hall–Kier alpha value is -3.84. The van der Waals surface area contributed by atoms with Crippen LogP contribution in [0.1, 0.15) is 35.5 Å². The largest absolute Gasteiger partial charge is 0.351 e. The van der Waals surface area contributed by atoms with Gasteiger partial charge in [-0.1, -0.05) is 58.7 Å². The lowest BCUT2D eigenvalue weighted by atomic mass is 9.94. The molecule has 1 N–H and O–H groups in total. The highest BCUT2D eigenvalue weighted by Gasteiger charge is 2.35. The summed E-state index contributed by atoms with van der Waals surface area (Å²) in [4.78, 5) is 6.66. The molecule has 0 amide bonds. The quantitative estimate of drug-likeness (QED) is 0.350. The van der Waals surface area contributed by atoms with E-state index in [1.165, 1.54) is 12.1 Å². The predicted octanol–water partition coefficient (Wildman–Crippen LogP) is 6.36. The highest BCUT2D eigenvalue weighted by Crippen LogP contribution is 2.39. The summed E-state index contributed by atoms with van der Waals surface area (Å²) in [5.41, 5.74) is 6.33. The second kappa shape index (κ2) is 8.83. The average Bonchev–Trinajstić information content (AvgIpc) is 3.30.